The lowest BCUT2D eigenvalue weighted by Crippen LogP contribution is -2.13. The number of rotatable bonds is 4. The van der Waals surface area contributed by atoms with Crippen molar-refractivity contribution in [2.24, 2.45) is 10.9 Å². The Morgan fingerprint density at radius 3 is 2.62 bits per heavy atom. The zero-order valence-corrected chi connectivity index (χ0v) is 12.8. The van der Waals surface area contributed by atoms with Crippen LogP contribution in [-0.4, -0.2) is 11.0 Å². The van der Waals surface area contributed by atoms with E-state index in [4.69, 9.17) is 22.5 Å². The highest BCUT2D eigenvalue weighted by molar-refractivity contribution is 6.33. The molecule has 0 aromatic heterocycles. The van der Waals surface area contributed by atoms with E-state index < -0.39 is 0 Å². The summed E-state index contributed by atoms with van der Waals surface area (Å²) in [7, 11) is 0. The standard InChI is InChI=1S/C16H18ClN3O/c1-10-3-6-15(14(17)7-10)19-9-13-5-4-12(8-11(13)2)16(18)20-21/h3-8,19,21H,9H2,1-2H3,(H2,18,20). The second kappa shape index (κ2) is 6.50. The van der Waals surface area contributed by atoms with E-state index in [1.807, 2.05) is 50.2 Å². The molecule has 4 N–H and O–H groups in total. The van der Waals surface area contributed by atoms with Crippen LogP contribution in [0.2, 0.25) is 5.02 Å². The second-order valence-corrected chi connectivity index (χ2v) is 5.37. The molecule has 4 nitrogen and oxygen atoms in total. The maximum absolute atomic E-state index is 8.69. The van der Waals surface area contributed by atoms with Crippen molar-refractivity contribution in [3.8, 4) is 0 Å². The first-order valence-electron chi connectivity index (χ1n) is 6.58. The fraction of sp³-hybridized carbons (Fsp3) is 0.188. The highest BCUT2D eigenvalue weighted by Gasteiger charge is 2.05. The summed E-state index contributed by atoms with van der Waals surface area (Å²) >= 11 is 6.20. The Morgan fingerprint density at radius 1 is 1.24 bits per heavy atom. The van der Waals surface area contributed by atoms with Gasteiger partial charge in [-0.2, -0.15) is 0 Å². The molecule has 0 aliphatic carbocycles. The van der Waals surface area contributed by atoms with E-state index in [1.54, 1.807) is 0 Å². The van der Waals surface area contributed by atoms with Crippen LogP contribution >= 0.6 is 11.6 Å². The van der Waals surface area contributed by atoms with E-state index in [1.165, 1.54) is 0 Å². The Morgan fingerprint density at radius 2 is 2.00 bits per heavy atom. The highest BCUT2D eigenvalue weighted by Crippen LogP contribution is 2.23. The molecule has 0 saturated heterocycles. The first kappa shape index (κ1) is 15.2. The fourth-order valence-electron chi connectivity index (χ4n) is 2.07. The van der Waals surface area contributed by atoms with Gasteiger partial charge in [-0.05, 0) is 48.7 Å². The van der Waals surface area contributed by atoms with Crippen LogP contribution in [0.15, 0.2) is 41.6 Å². The molecule has 2 rings (SSSR count). The molecule has 0 saturated carbocycles. The Hall–Kier alpha value is -2.20. The predicted octanol–water partition coefficient (Wildman–Crippen LogP) is 3.66. The molecule has 2 aromatic rings. The molecule has 0 fully saturated rings. The molecule has 0 aliphatic heterocycles. The van der Waals surface area contributed by atoms with Gasteiger partial charge in [-0.15, -0.1) is 0 Å². The monoisotopic (exact) mass is 303 g/mol. The van der Waals surface area contributed by atoms with Crippen molar-refractivity contribution in [2.45, 2.75) is 20.4 Å². The number of amidine groups is 1. The van der Waals surface area contributed by atoms with Crippen molar-refractivity contribution in [3.63, 3.8) is 0 Å². The minimum atomic E-state index is 0.110. The van der Waals surface area contributed by atoms with Gasteiger partial charge >= 0.3 is 0 Å². The van der Waals surface area contributed by atoms with Gasteiger partial charge in [-0.3, -0.25) is 0 Å². The van der Waals surface area contributed by atoms with E-state index >= 15 is 0 Å². The lowest BCUT2D eigenvalue weighted by molar-refractivity contribution is 0.318. The van der Waals surface area contributed by atoms with E-state index in [9.17, 15) is 0 Å². The van der Waals surface area contributed by atoms with Crippen molar-refractivity contribution in [3.05, 3.63) is 63.7 Å². The molecule has 0 aliphatic rings. The number of benzene rings is 2. The molecule has 0 unspecified atom stereocenters. The second-order valence-electron chi connectivity index (χ2n) is 4.96. The molecule has 0 amide bonds. The predicted molar refractivity (Wildman–Crippen MR) is 87.2 cm³/mol. The molecule has 0 heterocycles. The molecular formula is C16H18ClN3O. The molecule has 0 atom stereocenters. The van der Waals surface area contributed by atoms with Crippen molar-refractivity contribution in [1.82, 2.24) is 0 Å². The summed E-state index contributed by atoms with van der Waals surface area (Å²) in [5, 5.41) is 15.7. The van der Waals surface area contributed by atoms with Crippen LogP contribution in [0.4, 0.5) is 5.69 Å². The summed E-state index contributed by atoms with van der Waals surface area (Å²) in [4.78, 5) is 0. The minimum absolute atomic E-state index is 0.110. The molecule has 5 heteroatoms. The van der Waals surface area contributed by atoms with Crippen LogP contribution < -0.4 is 11.1 Å². The van der Waals surface area contributed by atoms with E-state index in [0.717, 1.165) is 22.4 Å². The first-order valence-corrected chi connectivity index (χ1v) is 6.96. The molecule has 2 aromatic carbocycles. The van der Waals surface area contributed by atoms with Gasteiger partial charge in [-0.1, -0.05) is 35.0 Å². The van der Waals surface area contributed by atoms with Gasteiger partial charge in [0.15, 0.2) is 5.84 Å². The summed E-state index contributed by atoms with van der Waals surface area (Å²) in [5.74, 6) is 0.110. The molecule has 0 bridgehead atoms. The number of hydrogen-bond acceptors (Lipinski definition) is 3. The summed E-state index contributed by atoms with van der Waals surface area (Å²) in [6, 6.07) is 11.6. The summed E-state index contributed by atoms with van der Waals surface area (Å²) in [5.41, 5.74) is 10.5. The summed E-state index contributed by atoms with van der Waals surface area (Å²) in [6.45, 7) is 4.65. The normalized spacial score (nSPS) is 11.5. The maximum Gasteiger partial charge on any atom is 0.170 e. The fourth-order valence-corrected chi connectivity index (χ4v) is 2.37. The van der Waals surface area contributed by atoms with Crippen LogP contribution in [-0.2, 0) is 6.54 Å². The zero-order chi connectivity index (χ0) is 15.4. The number of nitrogens with zero attached hydrogens (tertiary/aromatic N) is 1. The van der Waals surface area contributed by atoms with Gasteiger partial charge < -0.3 is 16.3 Å². The molecule has 0 spiro atoms. The highest BCUT2D eigenvalue weighted by atomic mass is 35.5. The molecule has 21 heavy (non-hydrogen) atoms. The van der Waals surface area contributed by atoms with Crippen LogP contribution in [0.3, 0.4) is 0 Å². The number of nitrogens with one attached hydrogen (secondary N) is 1. The van der Waals surface area contributed by atoms with Crippen LogP contribution in [0, 0.1) is 13.8 Å². The number of hydrogen-bond donors (Lipinski definition) is 3. The number of anilines is 1. The quantitative estimate of drug-likeness (QED) is 0.349. The maximum atomic E-state index is 8.69. The van der Waals surface area contributed by atoms with Crippen molar-refractivity contribution >= 4 is 23.1 Å². The van der Waals surface area contributed by atoms with Crippen molar-refractivity contribution in [1.29, 1.82) is 0 Å². The van der Waals surface area contributed by atoms with Gasteiger partial charge in [0, 0.05) is 12.1 Å². The van der Waals surface area contributed by atoms with Gasteiger partial charge in [0.05, 0.1) is 10.7 Å². The minimum Gasteiger partial charge on any atom is -0.409 e. The lowest BCUT2D eigenvalue weighted by Gasteiger charge is -2.12. The third kappa shape index (κ3) is 3.67. The van der Waals surface area contributed by atoms with Gasteiger partial charge in [-0.25, -0.2) is 0 Å². The van der Waals surface area contributed by atoms with E-state index in [-0.39, 0.29) is 5.84 Å². The molecular weight excluding hydrogens is 286 g/mol. The molecule has 0 radical (unpaired) electrons. The molecule has 110 valence electrons. The van der Waals surface area contributed by atoms with E-state index in [2.05, 4.69) is 10.5 Å². The topological polar surface area (TPSA) is 70.6 Å². The Kier molecular flexibility index (Phi) is 4.70. The average Bonchev–Trinajstić information content (AvgIpc) is 2.46. The summed E-state index contributed by atoms with van der Waals surface area (Å²) in [6.07, 6.45) is 0. The van der Waals surface area contributed by atoms with Gasteiger partial charge in [0.1, 0.15) is 0 Å². The van der Waals surface area contributed by atoms with Crippen LogP contribution in [0.1, 0.15) is 22.3 Å². The third-order valence-corrected chi connectivity index (χ3v) is 3.65. The number of halogens is 1. The van der Waals surface area contributed by atoms with Crippen LogP contribution in [0.5, 0.6) is 0 Å². The van der Waals surface area contributed by atoms with E-state index in [0.29, 0.717) is 17.1 Å². The SMILES string of the molecule is Cc1ccc(NCc2ccc(/C(N)=N/O)cc2C)c(Cl)c1. The number of oxime groups is 1. The van der Waals surface area contributed by atoms with Crippen molar-refractivity contribution in [2.75, 3.05) is 5.32 Å². The largest absolute Gasteiger partial charge is 0.409 e. The Balaban J connectivity index is 2.13. The van der Waals surface area contributed by atoms with Crippen LogP contribution in [0.25, 0.3) is 0 Å². The summed E-state index contributed by atoms with van der Waals surface area (Å²) < 4.78 is 0. The van der Waals surface area contributed by atoms with Crippen molar-refractivity contribution < 1.29 is 5.21 Å². The smallest absolute Gasteiger partial charge is 0.170 e. The number of aryl methyl sites for hydroxylation is 2. The lowest BCUT2D eigenvalue weighted by atomic mass is 10.0. The zero-order valence-electron chi connectivity index (χ0n) is 12.0. The van der Waals surface area contributed by atoms with Gasteiger partial charge in [0.2, 0.25) is 0 Å². The Bertz CT molecular complexity index is 683. The first-order chi connectivity index (χ1) is 10.0. The third-order valence-electron chi connectivity index (χ3n) is 3.34. The number of nitrogens with two attached hydrogens (primary N) is 1. The average molecular weight is 304 g/mol. The Labute approximate surface area is 129 Å². The van der Waals surface area contributed by atoms with Gasteiger partial charge in [0.25, 0.3) is 0 Å².